The molecular formula is C14H14BrNO4. The third kappa shape index (κ3) is 5.41. The molecule has 0 fully saturated rings. The molecule has 0 saturated carbocycles. The van der Waals surface area contributed by atoms with Gasteiger partial charge in [-0.3, -0.25) is 9.59 Å². The number of ketones is 1. The summed E-state index contributed by atoms with van der Waals surface area (Å²) >= 11 is 3.25. The lowest BCUT2D eigenvalue weighted by atomic mass is 10.2. The van der Waals surface area contributed by atoms with Gasteiger partial charge in [-0.25, -0.2) is 0 Å². The molecular weight excluding hydrogens is 326 g/mol. The minimum absolute atomic E-state index is 0.0431. The van der Waals surface area contributed by atoms with Crippen LogP contribution in [0.3, 0.4) is 0 Å². The molecule has 0 spiro atoms. The first-order chi connectivity index (χ1) is 9.56. The predicted molar refractivity (Wildman–Crippen MR) is 75.2 cm³/mol. The third-order valence-electron chi connectivity index (χ3n) is 2.36. The summed E-state index contributed by atoms with van der Waals surface area (Å²) in [5.41, 5.74) is 0.345. The number of hydrogen-bond acceptors (Lipinski definition) is 5. The minimum Gasteiger partial charge on any atom is -0.484 e. The zero-order valence-electron chi connectivity index (χ0n) is 11.0. The van der Waals surface area contributed by atoms with Crippen LogP contribution in [0.2, 0.25) is 0 Å². The van der Waals surface area contributed by atoms with Gasteiger partial charge in [-0.2, -0.15) is 5.26 Å². The van der Waals surface area contributed by atoms with Crippen LogP contribution in [-0.4, -0.2) is 25.0 Å². The van der Waals surface area contributed by atoms with E-state index in [9.17, 15) is 9.59 Å². The molecule has 0 heterocycles. The largest absolute Gasteiger partial charge is 0.484 e. The van der Waals surface area contributed by atoms with Gasteiger partial charge in [0.25, 0.3) is 0 Å². The Hall–Kier alpha value is -1.87. The molecule has 6 heteroatoms. The Kier molecular flexibility index (Phi) is 6.74. The summed E-state index contributed by atoms with van der Waals surface area (Å²) in [5, 5.41) is 8.95. The first-order valence-corrected chi connectivity index (χ1v) is 6.86. The monoisotopic (exact) mass is 339 g/mol. The Balaban J connectivity index is 2.45. The van der Waals surface area contributed by atoms with Crippen molar-refractivity contribution in [2.24, 2.45) is 0 Å². The number of Topliss-reactive ketones (excluding diaryl/α,β-unsaturated/α-hetero) is 1. The molecule has 1 aromatic rings. The second kappa shape index (κ2) is 8.33. The van der Waals surface area contributed by atoms with Crippen LogP contribution in [0.4, 0.5) is 0 Å². The molecule has 0 atom stereocenters. The van der Waals surface area contributed by atoms with E-state index in [0.29, 0.717) is 17.9 Å². The highest BCUT2D eigenvalue weighted by molar-refractivity contribution is 9.10. The van der Waals surface area contributed by atoms with Gasteiger partial charge < -0.3 is 9.47 Å². The Bertz CT molecular complexity index is 536. The smallest absolute Gasteiger partial charge is 0.306 e. The number of benzene rings is 1. The standard InChI is InChI=1S/C14H14BrNO4/c1-2-19-14(18)6-4-12(17)9-20-13-5-3-11(15)7-10(13)8-16/h3,5,7H,2,4,6,9H2,1H3. The summed E-state index contributed by atoms with van der Waals surface area (Å²) in [5.74, 6) is -0.271. The Labute approximate surface area is 125 Å². The van der Waals surface area contributed by atoms with E-state index in [-0.39, 0.29) is 25.2 Å². The second-order valence-corrected chi connectivity index (χ2v) is 4.80. The second-order valence-electron chi connectivity index (χ2n) is 3.88. The molecule has 0 aliphatic carbocycles. The van der Waals surface area contributed by atoms with Crippen LogP contribution >= 0.6 is 15.9 Å². The molecule has 0 unspecified atom stereocenters. The van der Waals surface area contributed by atoms with Crippen molar-refractivity contribution in [2.45, 2.75) is 19.8 Å². The third-order valence-corrected chi connectivity index (χ3v) is 2.86. The van der Waals surface area contributed by atoms with Gasteiger partial charge in [-0.15, -0.1) is 0 Å². The van der Waals surface area contributed by atoms with Crippen LogP contribution < -0.4 is 4.74 Å². The fraction of sp³-hybridized carbons (Fsp3) is 0.357. The summed E-state index contributed by atoms with van der Waals surface area (Å²) in [6.07, 6.45) is 0.110. The van der Waals surface area contributed by atoms with Crippen molar-refractivity contribution < 1.29 is 19.1 Å². The van der Waals surface area contributed by atoms with Crippen LogP contribution in [0, 0.1) is 11.3 Å². The Morgan fingerprint density at radius 1 is 1.35 bits per heavy atom. The van der Waals surface area contributed by atoms with E-state index >= 15 is 0 Å². The van der Waals surface area contributed by atoms with Crippen molar-refractivity contribution in [2.75, 3.05) is 13.2 Å². The molecule has 0 aliphatic rings. The van der Waals surface area contributed by atoms with Gasteiger partial charge in [0.05, 0.1) is 18.6 Å². The van der Waals surface area contributed by atoms with Gasteiger partial charge >= 0.3 is 5.97 Å². The van der Waals surface area contributed by atoms with Crippen molar-refractivity contribution >= 4 is 27.7 Å². The van der Waals surface area contributed by atoms with Gasteiger partial charge in [-0.05, 0) is 25.1 Å². The van der Waals surface area contributed by atoms with Crippen LogP contribution in [0.5, 0.6) is 5.75 Å². The van der Waals surface area contributed by atoms with Gasteiger partial charge in [0.15, 0.2) is 5.78 Å². The molecule has 5 nitrogen and oxygen atoms in total. The van der Waals surface area contributed by atoms with Gasteiger partial charge in [0.2, 0.25) is 0 Å². The number of carbonyl (C=O) groups is 2. The van der Waals surface area contributed by atoms with Crippen molar-refractivity contribution in [3.05, 3.63) is 28.2 Å². The number of carbonyl (C=O) groups excluding carboxylic acids is 2. The summed E-state index contributed by atoms with van der Waals surface area (Å²) < 4.78 is 10.8. The highest BCUT2D eigenvalue weighted by Crippen LogP contribution is 2.22. The minimum atomic E-state index is -0.401. The average Bonchev–Trinajstić information content (AvgIpc) is 2.44. The lowest BCUT2D eigenvalue weighted by Gasteiger charge is -2.07. The summed E-state index contributed by atoms with van der Waals surface area (Å²) in [6, 6.07) is 6.93. The molecule has 0 bridgehead atoms. The SMILES string of the molecule is CCOC(=O)CCC(=O)COc1ccc(Br)cc1C#N. The number of esters is 1. The number of ether oxygens (including phenoxy) is 2. The molecule has 1 aromatic carbocycles. The first kappa shape index (κ1) is 16.2. The highest BCUT2D eigenvalue weighted by Gasteiger charge is 2.10. The van der Waals surface area contributed by atoms with Gasteiger partial charge in [-0.1, -0.05) is 15.9 Å². The van der Waals surface area contributed by atoms with Crippen LogP contribution in [-0.2, 0) is 14.3 Å². The molecule has 0 aliphatic heterocycles. The average molecular weight is 340 g/mol. The lowest BCUT2D eigenvalue weighted by Crippen LogP contribution is -2.14. The maximum absolute atomic E-state index is 11.6. The topological polar surface area (TPSA) is 76.4 Å². The van der Waals surface area contributed by atoms with Crippen molar-refractivity contribution in [3.8, 4) is 11.8 Å². The maximum Gasteiger partial charge on any atom is 0.306 e. The normalized spacial score (nSPS) is 9.65. The maximum atomic E-state index is 11.6. The fourth-order valence-electron chi connectivity index (χ4n) is 1.42. The Morgan fingerprint density at radius 3 is 2.75 bits per heavy atom. The number of hydrogen-bond donors (Lipinski definition) is 0. The van der Waals surface area contributed by atoms with E-state index in [1.807, 2.05) is 6.07 Å². The molecule has 0 saturated heterocycles. The zero-order chi connectivity index (χ0) is 15.0. The van der Waals surface area contributed by atoms with Crippen LogP contribution in [0.25, 0.3) is 0 Å². The summed E-state index contributed by atoms with van der Waals surface area (Å²) in [4.78, 5) is 22.7. The molecule has 0 N–H and O–H groups in total. The lowest BCUT2D eigenvalue weighted by molar-refractivity contribution is -0.144. The predicted octanol–water partition coefficient (Wildman–Crippen LogP) is 2.61. The van der Waals surface area contributed by atoms with E-state index in [0.717, 1.165) is 4.47 Å². The number of nitrogens with zero attached hydrogens (tertiary/aromatic N) is 1. The fourth-order valence-corrected chi connectivity index (χ4v) is 1.78. The van der Waals surface area contributed by atoms with Gasteiger partial charge in [0.1, 0.15) is 18.4 Å². The van der Waals surface area contributed by atoms with Crippen molar-refractivity contribution in [3.63, 3.8) is 0 Å². The molecule has 0 aromatic heterocycles. The van der Waals surface area contributed by atoms with E-state index < -0.39 is 5.97 Å². The summed E-state index contributed by atoms with van der Waals surface area (Å²) in [7, 11) is 0. The van der Waals surface area contributed by atoms with E-state index in [1.165, 1.54) is 0 Å². The quantitative estimate of drug-likeness (QED) is 0.713. The molecule has 20 heavy (non-hydrogen) atoms. The molecule has 0 radical (unpaired) electrons. The van der Waals surface area contributed by atoms with E-state index in [4.69, 9.17) is 14.7 Å². The van der Waals surface area contributed by atoms with Crippen molar-refractivity contribution in [1.29, 1.82) is 5.26 Å². The van der Waals surface area contributed by atoms with Crippen molar-refractivity contribution in [1.82, 2.24) is 0 Å². The van der Waals surface area contributed by atoms with E-state index in [2.05, 4.69) is 15.9 Å². The summed E-state index contributed by atoms with van der Waals surface area (Å²) in [6.45, 7) is 1.84. The molecule has 106 valence electrons. The number of rotatable bonds is 7. The highest BCUT2D eigenvalue weighted by atomic mass is 79.9. The van der Waals surface area contributed by atoms with E-state index in [1.54, 1.807) is 25.1 Å². The molecule has 0 amide bonds. The number of nitriles is 1. The zero-order valence-corrected chi connectivity index (χ0v) is 12.6. The number of halogens is 1. The van der Waals surface area contributed by atoms with Crippen LogP contribution in [0.15, 0.2) is 22.7 Å². The van der Waals surface area contributed by atoms with Gasteiger partial charge in [0, 0.05) is 10.9 Å². The molecule has 1 rings (SSSR count). The van der Waals surface area contributed by atoms with Crippen LogP contribution in [0.1, 0.15) is 25.3 Å². The first-order valence-electron chi connectivity index (χ1n) is 6.06. The Morgan fingerprint density at radius 2 is 2.10 bits per heavy atom.